The predicted molar refractivity (Wildman–Crippen MR) is 80.5 cm³/mol. The molecule has 2 rings (SSSR count). The Balaban J connectivity index is 2.33. The first-order valence-electron chi connectivity index (χ1n) is 6.11. The molecule has 19 heavy (non-hydrogen) atoms. The highest BCUT2D eigenvalue weighted by molar-refractivity contribution is 9.10. The molecule has 2 aromatic rings. The lowest BCUT2D eigenvalue weighted by Crippen LogP contribution is -2.30. The number of aromatic nitrogens is 1. The van der Waals surface area contributed by atoms with Gasteiger partial charge in [-0.2, -0.15) is 0 Å². The maximum absolute atomic E-state index is 12.5. The zero-order valence-corrected chi connectivity index (χ0v) is 12.5. The smallest absolute Gasteiger partial charge is 0.258 e. The predicted octanol–water partition coefficient (Wildman–Crippen LogP) is 3.82. The lowest BCUT2D eigenvalue weighted by Gasteiger charge is -2.21. The Morgan fingerprint density at radius 1 is 1.26 bits per heavy atom. The third-order valence-corrected chi connectivity index (χ3v) is 3.81. The van der Waals surface area contributed by atoms with Gasteiger partial charge in [-0.25, -0.2) is 0 Å². The van der Waals surface area contributed by atoms with E-state index in [1.165, 1.54) is 0 Å². The van der Waals surface area contributed by atoms with Crippen LogP contribution in [0, 0.1) is 6.92 Å². The number of anilines is 1. The normalized spacial score (nSPS) is 10.3. The van der Waals surface area contributed by atoms with Crippen molar-refractivity contribution in [2.75, 3.05) is 11.4 Å². The van der Waals surface area contributed by atoms with Crippen LogP contribution in [0.25, 0.3) is 0 Å². The van der Waals surface area contributed by atoms with Crippen molar-refractivity contribution in [2.45, 2.75) is 13.8 Å². The molecule has 4 heteroatoms. The van der Waals surface area contributed by atoms with Crippen molar-refractivity contribution in [3.63, 3.8) is 0 Å². The van der Waals surface area contributed by atoms with Gasteiger partial charge in [-0.05, 0) is 43.7 Å². The Morgan fingerprint density at radius 3 is 2.53 bits per heavy atom. The van der Waals surface area contributed by atoms with Gasteiger partial charge in [-0.3, -0.25) is 9.78 Å². The Bertz CT molecular complexity index is 584. The number of halogens is 1. The van der Waals surface area contributed by atoms with Gasteiger partial charge in [0.1, 0.15) is 0 Å². The first-order valence-corrected chi connectivity index (χ1v) is 6.91. The zero-order valence-electron chi connectivity index (χ0n) is 10.9. The van der Waals surface area contributed by atoms with Crippen LogP contribution in [0.3, 0.4) is 0 Å². The number of pyridine rings is 1. The van der Waals surface area contributed by atoms with Gasteiger partial charge in [0.05, 0.1) is 0 Å². The molecule has 1 aromatic carbocycles. The van der Waals surface area contributed by atoms with Crippen LogP contribution in [0.2, 0.25) is 0 Å². The van der Waals surface area contributed by atoms with E-state index in [1.54, 1.807) is 17.3 Å². The first kappa shape index (κ1) is 13.7. The Labute approximate surface area is 121 Å². The number of benzene rings is 1. The second-order valence-corrected chi connectivity index (χ2v) is 5.07. The third kappa shape index (κ3) is 3.01. The molecule has 0 aliphatic heterocycles. The fourth-order valence-electron chi connectivity index (χ4n) is 1.85. The number of hydrogen-bond acceptors (Lipinski definition) is 2. The Morgan fingerprint density at radius 2 is 1.95 bits per heavy atom. The molecular formula is C15H15BrN2O. The summed E-state index contributed by atoms with van der Waals surface area (Å²) < 4.78 is 0.948. The summed E-state index contributed by atoms with van der Waals surface area (Å²) in [7, 11) is 0. The Hall–Kier alpha value is -1.68. The van der Waals surface area contributed by atoms with Crippen LogP contribution >= 0.6 is 15.9 Å². The van der Waals surface area contributed by atoms with Crippen LogP contribution in [0.4, 0.5) is 5.69 Å². The molecule has 0 aliphatic rings. The average molecular weight is 319 g/mol. The number of amides is 1. The van der Waals surface area contributed by atoms with E-state index in [2.05, 4.69) is 20.9 Å². The number of rotatable bonds is 3. The largest absolute Gasteiger partial charge is 0.309 e. The van der Waals surface area contributed by atoms with Crippen molar-refractivity contribution < 1.29 is 4.79 Å². The molecule has 0 spiro atoms. The van der Waals surface area contributed by atoms with E-state index in [4.69, 9.17) is 0 Å². The van der Waals surface area contributed by atoms with Gasteiger partial charge in [-0.15, -0.1) is 0 Å². The fraction of sp³-hybridized carbons (Fsp3) is 0.200. The fourth-order valence-corrected chi connectivity index (χ4v) is 2.23. The average Bonchev–Trinajstić information content (AvgIpc) is 2.44. The van der Waals surface area contributed by atoms with E-state index in [9.17, 15) is 4.79 Å². The monoisotopic (exact) mass is 318 g/mol. The summed E-state index contributed by atoms with van der Waals surface area (Å²) in [4.78, 5) is 18.2. The molecule has 0 atom stereocenters. The van der Waals surface area contributed by atoms with Gasteiger partial charge in [0.15, 0.2) is 0 Å². The van der Waals surface area contributed by atoms with E-state index in [0.29, 0.717) is 12.1 Å². The number of carbonyl (C=O) groups is 1. The highest BCUT2D eigenvalue weighted by atomic mass is 79.9. The van der Waals surface area contributed by atoms with Crippen LogP contribution < -0.4 is 4.90 Å². The van der Waals surface area contributed by atoms with Crippen LogP contribution in [-0.2, 0) is 0 Å². The van der Waals surface area contributed by atoms with Crippen LogP contribution in [0.5, 0.6) is 0 Å². The van der Waals surface area contributed by atoms with Crippen LogP contribution in [0.1, 0.15) is 22.8 Å². The Kier molecular flexibility index (Phi) is 4.32. The standard InChI is InChI=1S/C15H15BrN2O/c1-3-18(13-6-8-17-9-7-13)15(19)12-5-4-11(2)14(16)10-12/h4-10H,3H2,1-2H3. The van der Waals surface area contributed by atoms with E-state index >= 15 is 0 Å². The number of carbonyl (C=O) groups excluding carboxylic acids is 1. The first-order chi connectivity index (χ1) is 9.13. The third-order valence-electron chi connectivity index (χ3n) is 2.95. The summed E-state index contributed by atoms with van der Waals surface area (Å²) in [5.74, 6) is -0.00519. The maximum atomic E-state index is 12.5. The molecule has 0 bridgehead atoms. The number of aryl methyl sites for hydroxylation is 1. The SMILES string of the molecule is CCN(C(=O)c1ccc(C)c(Br)c1)c1ccncc1. The molecule has 1 aromatic heterocycles. The summed E-state index contributed by atoms with van der Waals surface area (Å²) in [6.07, 6.45) is 3.38. The molecule has 0 aliphatic carbocycles. The van der Waals surface area contributed by atoms with E-state index in [-0.39, 0.29) is 5.91 Å². The zero-order chi connectivity index (χ0) is 13.8. The van der Waals surface area contributed by atoms with Crippen molar-refractivity contribution in [3.8, 4) is 0 Å². The summed E-state index contributed by atoms with van der Waals surface area (Å²) in [5, 5.41) is 0. The summed E-state index contributed by atoms with van der Waals surface area (Å²) in [5.41, 5.74) is 2.65. The second kappa shape index (κ2) is 5.97. The number of nitrogens with zero attached hydrogens (tertiary/aromatic N) is 2. The molecule has 0 saturated heterocycles. The van der Waals surface area contributed by atoms with Gasteiger partial charge in [-0.1, -0.05) is 22.0 Å². The minimum atomic E-state index is -0.00519. The lowest BCUT2D eigenvalue weighted by molar-refractivity contribution is 0.0988. The highest BCUT2D eigenvalue weighted by Crippen LogP contribution is 2.21. The highest BCUT2D eigenvalue weighted by Gasteiger charge is 2.16. The van der Waals surface area contributed by atoms with Crippen molar-refractivity contribution in [2.24, 2.45) is 0 Å². The molecule has 1 amide bonds. The molecule has 0 N–H and O–H groups in total. The van der Waals surface area contributed by atoms with Crippen LogP contribution in [-0.4, -0.2) is 17.4 Å². The molecule has 0 radical (unpaired) electrons. The summed E-state index contributed by atoms with van der Waals surface area (Å²) in [6.45, 7) is 4.58. The van der Waals surface area contributed by atoms with Crippen molar-refractivity contribution >= 4 is 27.5 Å². The van der Waals surface area contributed by atoms with E-state index in [0.717, 1.165) is 15.7 Å². The molecule has 0 unspecified atom stereocenters. The molecule has 3 nitrogen and oxygen atoms in total. The number of hydrogen-bond donors (Lipinski definition) is 0. The molecular weight excluding hydrogens is 304 g/mol. The molecule has 1 heterocycles. The van der Waals surface area contributed by atoms with Gasteiger partial charge < -0.3 is 4.90 Å². The minimum absolute atomic E-state index is 0.00519. The van der Waals surface area contributed by atoms with Gasteiger partial charge in [0.25, 0.3) is 5.91 Å². The van der Waals surface area contributed by atoms with E-state index < -0.39 is 0 Å². The van der Waals surface area contributed by atoms with Crippen molar-refractivity contribution in [1.29, 1.82) is 0 Å². The molecule has 98 valence electrons. The van der Waals surface area contributed by atoms with Crippen LogP contribution in [0.15, 0.2) is 47.2 Å². The topological polar surface area (TPSA) is 33.2 Å². The quantitative estimate of drug-likeness (QED) is 0.862. The van der Waals surface area contributed by atoms with Gasteiger partial charge in [0.2, 0.25) is 0 Å². The van der Waals surface area contributed by atoms with Gasteiger partial charge >= 0.3 is 0 Å². The van der Waals surface area contributed by atoms with Crippen molar-refractivity contribution in [1.82, 2.24) is 4.98 Å². The van der Waals surface area contributed by atoms with Crippen molar-refractivity contribution in [3.05, 3.63) is 58.3 Å². The molecule has 0 saturated carbocycles. The lowest BCUT2D eigenvalue weighted by atomic mass is 10.1. The minimum Gasteiger partial charge on any atom is -0.309 e. The maximum Gasteiger partial charge on any atom is 0.258 e. The summed E-state index contributed by atoms with van der Waals surface area (Å²) in [6, 6.07) is 9.33. The van der Waals surface area contributed by atoms with Gasteiger partial charge in [0, 0.05) is 34.7 Å². The van der Waals surface area contributed by atoms with E-state index in [1.807, 2.05) is 44.2 Å². The second-order valence-electron chi connectivity index (χ2n) is 4.22. The molecule has 0 fully saturated rings. The summed E-state index contributed by atoms with van der Waals surface area (Å²) >= 11 is 3.46.